The van der Waals surface area contributed by atoms with Crippen molar-refractivity contribution in [3.63, 3.8) is 0 Å². The van der Waals surface area contributed by atoms with Crippen molar-refractivity contribution in [2.45, 2.75) is 4.90 Å². The number of nitrogens with one attached hydrogen (secondary N) is 1. The normalized spacial score (nSPS) is 11.3. The zero-order valence-electron chi connectivity index (χ0n) is 9.90. The zero-order chi connectivity index (χ0) is 14.9. The monoisotopic (exact) mass is 334 g/mol. The van der Waals surface area contributed by atoms with Gasteiger partial charge < -0.3 is 5.73 Å². The van der Waals surface area contributed by atoms with Crippen molar-refractivity contribution in [3.8, 4) is 0 Å². The highest BCUT2D eigenvalue weighted by Crippen LogP contribution is 2.26. The minimum Gasteiger partial charge on any atom is -0.398 e. The Labute approximate surface area is 125 Å². The first kappa shape index (κ1) is 14.9. The molecule has 0 aliphatic carbocycles. The van der Waals surface area contributed by atoms with Gasteiger partial charge in [0.25, 0.3) is 10.0 Å². The molecular weight excluding hydrogens is 326 g/mol. The van der Waals surface area contributed by atoms with Gasteiger partial charge in [-0.3, -0.25) is 4.72 Å². The van der Waals surface area contributed by atoms with Crippen LogP contribution in [-0.2, 0) is 10.0 Å². The molecule has 0 atom stereocenters. The Kier molecular flexibility index (Phi) is 4.08. The van der Waals surface area contributed by atoms with Gasteiger partial charge in [0.1, 0.15) is 10.7 Å². The summed E-state index contributed by atoms with van der Waals surface area (Å²) in [7, 11) is -3.95. The van der Waals surface area contributed by atoms with E-state index in [1.54, 1.807) is 0 Å². The largest absolute Gasteiger partial charge is 0.398 e. The number of rotatable bonds is 3. The van der Waals surface area contributed by atoms with Crippen molar-refractivity contribution in [2.24, 2.45) is 0 Å². The smallest absolute Gasteiger partial charge is 0.263 e. The molecule has 0 fully saturated rings. The second kappa shape index (κ2) is 5.47. The van der Waals surface area contributed by atoms with Gasteiger partial charge in [-0.2, -0.15) is 0 Å². The molecule has 0 aromatic heterocycles. The third-order valence-electron chi connectivity index (χ3n) is 2.38. The molecule has 8 heteroatoms. The van der Waals surface area contributed by atoms with E-state index in [-0.39, 0.29) is 21.3 Å². The summed E-state index contributed by atoms with van der Waals surface area (Å²) in [5.74, 6) is -0.653. The van der Waals surface area contributed by atoms with E-state index in [4.69, 9.17) is 28.9 Å². The molecule has 0 aliphatic rings. The average Bonchev–Trinajstić information content (AvgIpc) is 2.25. The lowest BCUT2D eigenvalue weighted by molar-refractivity contribution is 0.601. The summed E-state index contributed by atoms with van der Waals surface area (Å²) in [4.78, 5) is -0.151. The van der Waals surface area contributed by atoms with Crippen molar-refractivity contribution < 1.29 is 12.8 Å². The fourth-order valence-electron chi connectivity index (χ4n) is 1.59. The molecule has 0 saturated carbocycles. The van der Waals surface area contributed by atoms with Crippen LogP contribution in [0.3, 0.4) is 0 Å². The van der Waals surface area contributed by atoms with Gasteiger partial charge in [-0.25, -0.2) is 12.8 Å². The van der Waals surface area contributed by atoms with E-state index >= 15 is 0 Å². The highest BCUT2D eigenvalue weighted by atomic mass is 35.5. The predicted octanol–water partition coefficient (Wildman–Crippen LogP) is 3.52. The van der Waals surface area contributed by atoms with Gasteiger partial charge in [-0.05, 0) is 36.4 Å². The van der Waals surface area contributed by atoms with Crippen LogP contribution in [0.2, 0.25) is 10.0 Å². The number of nitrogens with two attached hydrogens (primary N) is 1. The molecule has 3 N–H and O–H groups in total. The quantitative estimate of drug-likeness (QED) is 0.843. The Balaban J connectivity index is 2.40. The van der Waals surface area contributed by atoms with E-state index in [1.807, 2.05) is 0 Å². The zero-order valence-corrected chi connectivity index (χ0v) is 12.2. The summed E-state index contributed by atoms with van der Waals surface area (Å²) >= 11 is 11.4. The van der Waals surface area contributed by atoms with E-state index in [9.17, 15) is 12.8 Å². The highest BCUT2D eigenvalue weighted by Gasteiger charge is 2.18. The maximum atomic E-state index is 13.2. The fourth-order valence-corrected chi connectivity index (χ4v) is 3.14. The van der Waals surface area contributed by atoms with Crippen molar-refractivity contribution in [2.75, 3.05) is 10.5 Å². The third-order valence-corrected chi connectivity index (χ3v) is 4.28. The summed E-state index contributed by atoms with van der Waals surface area (Å²) in [6, 6.07) is 7.33. The van der Waals surface area contributed by atoms with Crippen LogP contribution in [0.5, 0.6) is 0 Å². The lowest BCUT2D eigenvalue weighted by atomic mass is 10.3. The van der Waals surface area contributed by atoms with Crippen molar-refractivity contribution >= 4 is 44.6 Å². The summed E-state index contributed by atoms with van der Waals surface area (Å²) in [6.45, 7) is 0. The Bertz CT molecular complexity index is 746. The van der Waals surface area contributed by atoms with Crippen LogP contribution in [0.4, 0.5) is 15.8 Å². The van der Waals surface area contributed by atoms with Crippen LogP contribution in [-0.4, -0.2) is 8.42 Å². The van der Waals surface area contributed by atoms with Gasteiger partial charge in [0, 0.05) is 10.0 Å². The van der Waals surface area contributed by atoms with E-state index in [0.717, 1.165) is 12.1 Å². The summed E-state index contributed by atoms with van der Waals surface area (Å²) < 4.78 is 39.7. The molecule has 2 aromatic rings. The lowest BCUT2D eigenvalue weighted by Gasteiger charge is -2.10. The number of sulfonamides is 1. The van der Waals surface area contributed by atoms with Crippen LogP contribution in [0.15, 0.2) is 41.3 Å². The molecule has 0 spiro atoms. The number of anilines is 2. The molecule has 2 aromatic carbocycles. The van der Waals surface area contributed by atoms with Gasteiger partial charge in [0.05, 0.1) is 11.4 Å². The molecule has 20 heavy (non-hydrogen) atoms. The second-order valence-electron chi connectivity index (χ2n) is 3.95. The number of hydrogen-bond acceptors (Lipinski definition) is 3. The van der Waals surface area contributed by atoms with Crippen LogP contribution < -0.4 is 10.5 Å². The predicted molar refractivity (Wildman–Crippen MR) is 78.1 cm³/mol. The minimum absolute atomic E-state index is 0.00403. The minimum atomic E-state index is -3.95. The van der Waals surface area contributed by atoms with E-state index < -0.39 is 15.8 Å². The SMILES string of the molecule is Nc1cc(Cl)ccc1S(=O)(=O)Nc1cc(F)cc(Cl)c1. The molecule has 2 rings (SSSR count). The number of nitrogen functional groups attached to an aromatic ring is 1. The average molecular weight is 335 g/mol. The summed E-state index contributed by atoms with van der Waals surface area (Å²) in [5, 5.41) is 0.391. The molecular formula is C12H9Cl2FN2O2S. The molecule has 0 bridgehead atoms. The Hall–Kier alpha value is -1.50. The molecule has 106 valence electrons. The van der Waals surface area contributed by atoms with Gasteiger partial charge in [-0.15, -0.1) is 0 Å². The Morgan fingerprint density at radius 3 is 2.35 bits per heavy atom. The first-order valence-electron chi connectivity index (χ1n) is 5.32. The number of benzene rings is 2. The van der Waals surface area contributed by atoms with Crippen LogP contribution in [0, 0.1) is 5.82 Å². The Morgan fingerprint density at radius 2 is 1.75 bits per heavy atom. The summed E-state index contributed by atoms with van der Waals surface area (Å²) in [5.41, 5.74) is 5.61. The van der Waals surface area contributed by atoms with E-state index in [2.05, 4.69) is 4.72 Å². The van der Waals surface area contributed by atoms with E-state index in [0.29, 0.717) is 5.02 Å². The first-order chi connectivity index (χ1) is 9.28. The molecule has 0 radical (unpaired) electrons. The van der Waals surface area contributed by atoms with E-state index in [1.165, 1.54) is 24.3 Å². The molecule has 0 saturated heterocycles. The van der Waals surface area contributed by atoms with Crippen molar-refractivity contribution in [1.29, 1.82) is 0 Å². The number of halogens is 3. The second-order valence-corrected chi connectivity index (χ2v) is 6.47. The summed E-state index contributed by atoms with van der Waals surface area (Å²) in [6.07, 6.45) is 0. The van der Waals surface area contributed by atoms with Crippen molar-refractivity contribution in [1.82, 2.24) is 0 Å². The molecule has 0 aliphatic heterocycles. The van der Waals surface area contributed by atoms with Gasteiger partial charge in [0.2, 0.25) is 0 Å². The van der Waals surface area contributed by atoms with Crippen LogP contribution >= 0.6 is 23.2 Å². The maximum absolute atomic E-state index is 13.2. The van der Waals surface area contributed by atoms with Gasteiger partial charge in [0.15, 0.2) is 0 Å². The molecule has 0 unspecified atom stereocenters. The van der Waals surface area contributed by atoms with Crippen molar-refractivity contribution in [3.05, 3.63) is 52.3 Å². The molecule has 0 heterocycles. The standard InChI is InChI=1S/C12H9Cl2FN2O2S/c13-7-1-2-12(11(16)5-7)20(18,19)17-10-4-8(14)3-9(15)6-10/h1-6,17H,16H2. The van der Waals surface area contributed by atoms with Crippen LogP contribution in [0.1, 0.15) is 0 Å². The highest BCUT2D eigenvalue weighted by molar-refractivity contribution is 7.92. The van der Waals surface area contributed by atoms with Gasteiger partial charge >= 0.3 is 0 Å². The third kappa shape index (κ3) is 3.33. The van der Waals surface area contributed by atoms with Gasteiger partial charge in [-0.1, -0.05) is 23.2 Å². The van der Waals surface area contributed by atoms with Crippen LogP contribution in [0.25, 0.3) is 0 Å². The topological polar surface area (TPSA) is 72.2 Å². The molecule has 4 nitrogen and oxygen atoms in total. The first-order valence-corrected chi connectivity index (χ1v) is 7.56. The maximum Gasteiger partial charge on any atom is 0.263 e. The lowest BCUT2D eigenvalue weighted by Crippen LogP contribution is -2.14. The number of hydrogen-bond donors (Lipinski definition) is 2. The Morgan fingerprint density at radius 1 is 1.05 bits per heavy atom. The molecule has 0 amide bonds. The fraction of sp³-hybridized carbons (Fsp3) is 0.